The van der Waals surface area contributed by atoms with E-state index in [2.05, 4.69) is 5.32 Å². The van der Waals surface area contributed by atoms with Crippen LogP contribution in [0.25, 0.3) is 0 Å². The molecule has 2 unspecified atom stereocenters. The van der Waals surface area contributed by atoms with Gasteiger partial charge < -0.3 is 15.2 Å². The Labute approximate surface area is 142 Å². The summed E-state index contributed by atoms with van der Waals surface area (Å²) < 4.78 is 30.5. The summed E-state index contributed by atoms with van der Waals surface area (Å²) >= 11 is 0. The summed E-state index contributed by atoms with van der Waals surface area (Å²) in [6.07, 6.45) is 2.73. The molecule has 1 amide bonds. The zero-order valence-electron chi connectivity index (χ0n) is 14.5. The summed E-state index contributed by atoms with van der Waals surface area (Å²) in [5.41, 5.74) is -0.716. The number of alkyl carbamates (subject to hydrolysis) is 1. The van der Waals surface area contributed by atoms with Crippen molar-refractivity contribution in [3.63, 3.8) is 0 Å². The van der Waals surface area contributed by atoms with Gasteiger partial charge in [-0.15, -0.1) is 0 Å². The predicted octanol–water partition coefficient (Wildman–Crippen LogP) is 1.17. The van der Waals surface area contributed by atoms with Crippen LogP contribution in [0, 0.1) is 5.92 Å². The van der Waals surface area contributed by atoms with Gasteiger partial charge in [0.1, 0.15) is 11.6 Å². The third kappa shape index (κ3) is 4.38. The van der Waals surface area contributed by atoms with Crippen molar-refractivity contribution in [3.8, 4) is 0 Å². The van der Waals surface area contributed by atoms with E-state index in [1.807, 2.05) is 0 Å². The van der Waals surface area contributed by atoms with E-state index in [1.165, 1.54) is 10.6 Å². The van der Waals surface area contributed by atoms with E-state index in [-0.39, 0.29) is 18.0 Å². The van der Waals surface area contributed by atoms with Crippen molar-refractivity contribution in [2.75, 3.05) is 6.26 Å². The van der Waals surface area contributed by atoms with Crippen LogP contribution < -0.4 is 5.32 Å². The van der Waals surface area contributed by atoms with Crippen LogP contribution in [0.3, 0.4) is 0 Å². The summed E-state index contributed by atoms with van der Waals surface area (Å²) in [7, 11) is -3.30. The number of piperidine rings is 1. The van der Waals surface area contributed by atoms with Crippen LogP contribution in [0.1, 0.15) is 46.5 Å². The molecule has 2 aliphatic rings. The molecule has 0 aromatic carbocycles. The number of amides is 1. The molecular weight excluding hydrogens is 336 g/mol. The number of carboxylic acids is 1. The highest BCUT2D eigenvalue weighted by Crippen LogP contribution is 2.41. The number of nitrogens with zero attached hydrogens (tertiary/aromatic N) is 1. The third-order valence-electron chi connectivity index (χ3n) is 4.50. The highest BCUT2D eigenvalue weighted by molar-refractivity contribution is 7.88. The van der Waals surface area contributed by atoms with Gasteiger partial charge in [-0.05, 0) is 52.4 Å². The highest BCUT2D eigenvalue weighted by atomic mass is 32.2. The molecule has 138 valence electrons. The molecule has 2 heterocycles. The minimum Gasteiger partial charge on any atom is -0.480 e. The molecule has 2 rings (SSSR count). The van der Waals surface area contributed by atoms with Crippen molar-refractivity contribution in [2.45, 2.75) is 70.2 Å². The topological polar surface area (TPSA) is 113 Å². The Balaban J connectivity index is 2.09. The molecule has 2 aliphatic heterocycles. The number of sulfonamides is 1. The fraction of sp³-hybridized carbons (Fsp3) is 0.867. The molecule has 9 heteroatoms. The number of carboxylic acid groups (broad SMARTS) is 1. The van der Waals surface area contributed by atoms with Crippen LogP contribution in [0.2, 0.25) is 0 Å². The van der Waals surface area contributed by atoms with E-state index in [0.29, 0.717) is 12.8 Å². The van der Waals surface area contributed by atoms with E-state index in [1.54, 1.807) is 20.8 Å². The van der Waals surface area contributed by atoms with Crippen molar-refractivity contribution < 1.29 is 27.9 Å². The van der Waals surface area contributed by atoms with Gasteiger partial charge in [0.25, 0.3) is 0 Å². The highest BCUT2D eigenvalue weighted by Gasteiger charge is 2.48. The summed E-state index contributed by atoms with van der Waals surface area (Å²) in [6, 6.07) is -1.46. The van der Waals surface area contributed by atoms with Crippen LogP contribution in [-0.4, -0.2) is 59.9 Å². The van der Waals surface area contributed by atoms with Crippen LogP contribution >= 0.6 is 0 Å². The molecule has 0 aliphatic carbocycles. The molecule has 8 nitrogen and oxygen atoms in total. The van der Waals surface area contributed by atoms with E-state index < -0.39 is 33.7 Å². The first-order valence-electron chi connectivity index (χ1n) is 8.09. The second-order valence-corrected chi connectivity index (χ2v) is 9.56. The van der Waals surface area contributed by atoms with Gasteiger partial charge >= 0.3 is 12.1 Å². The van der Waals surface area contributed by atoms with Gasteiger partial charge in [-0.25, -0.2) is 18.0 Å². The van der Waals surface area contributed by atoms with Crippen LogP contribution in [0.5, 0.6) is 0 Å². The molecule has 2 N–H and O–H groups in total. The van der Waals surface area contributed by atoms with Crippen molar-refractivity contribution in [3.05, 3.63) is 0 Å². The Morgan fingerprint density at radius 3 is 2.08 bits per heavy atom. The standard InChI is InChI=1S/C15H26N2O6S/c1-15(2,3)23-14(20)16-12(13(18)19)9-7-10-5-6-11(8-9)17(10)24(4,21)22/h9-12H,5-8H2,1-4H3,(H,16,20)(H,18,19)/t9?,10?,11?,12-/m0/s1. The minimum atomic E-state index is -3.30. The maximum atomic E-state index is 11.9. The Morgan fingerprint density at radius 2 is 1.71 bits per heavy atom. The molecule has 0 aromatic rings. The lowest BCUT2D eigenvalue weighted by Gasteiger charge is -2.39. The van der Waals surface area contributed by atoms with Crippen LogP contribution in [-0.2, 0) is 19.6 Å². The third-order valence-corrected chi connectivity index (χ3v) is 5.86. The monoisotopic (exact) mass is 362 g/mol. The van der Waals surface area contributed by atoms with Gasteiger partial charge in [-0.1, -0.05) is 0 Å². The molecular formula is C15H26N2O6S. The number of nitrogens with one attached hydrogen (secondary N) is 1. The van der Waals surface area contributed by atoms with Gasteiger partial charge in [0, 0.05) is 12.1 Å². The molecule has 3 atom stereocenters. The minimum absolute atomic E-state index is 0.189. The lowest BCUT2D eigenvalue weighted by atomic mass is 9.86. The fourth-order valence-electron chi connectivity index (χ4n) is 3.81. The van der Waals surface area contributed by atoms with E-state index in [0.717, 1.165) is 12.8 Å². The Bertz CT molecular complexity index is 598. The maximum Gasteiger partial charge on any atom is 0.408 e. The average molecular weight is 362 g/mol. The summed E-state index contributed by atoms with van der Waals surface area (Å²) in [6.45, 7) is 5.10. The number of hydrogen-bond donors (Lipinski definition) is 2. The second-order valence-electron chi connectivity index (χ2n) is 7.67. The number of fused-ring (bicyclic) bond motifs is 2. The molecule has 0 radical (unpaired) electrons. The first kappa shape index (κ1) is 19.0. The summed E-state index contributed by atoms with van der Waals surface area (Å²) in [5.74, 6) is -1.44. The van der Waals surface area contributed by atoms with Crippen molar-refractivity contribution >= 4 is 22.1 Å². The van der Waals surface area contributed by atoms with Gasteiger partial charge in [0.15, 0.2) is 0 Å². The summed E-state index contributed by atoms with van der Waals surface area (Å²) in [5, 5.41) is 11.9. The molecule has 2 bridgehead atoms. The SMILES string of the molecule is CC(C)(C)OC(=O)N[C@H](C(=O)O)C1CC2CCC(C1)N2S(C)(=O)=O. The maximum absolute atomic E-state index is 11.9. The quantitative estimate of drug-likeness (QED) is 0.776. The summed E-state index contributed by atoms with van der Waals surface area (Å²) in [4.78, 5) is 23.5. The van der Waals surface area contributed by atoms with Crippen molar-refractivity contribution in [2.24, 2.45) is 5.92 Å². The number of carbonyl (C=O) groups excluding carboxylic acids is 1. The lowest BCUT2D eigenvalue weighted by Crippen LogP contribution is -2.54. The van der Waals surface area contributed by atoms with Crippen molar-refractivity contribution in [1.29, 1.82) is 0 Å². The van der Waals surface area contributed by atoms with Crippen LogP contribution in [0.4, 0.5) is 4.79 Å². The smallest absolute Gasteiger partial charge is 0.408 e. The predicted molar refractivity (Wildman–Crippen MR) is 87.0 cm³/mol. The first-order chi connectivity index (χ1) is 10.9. The molecule has 0 saturated carbocycles. The number of carbonyl (C=O) groups is 2. The van der Waals surface area contributed by atoms with Gasteiger partial charge in [0.2, 0.25) is 10.0 Å². The van der Waals surface area contributed by atoms with Crippen LogP contribution in [0.15, 0.2) is 0 Å². The Morgan fingerprint density at radius 1 is 1.21 bits per heavy atom. The molecule has 2 fully saturated rings. The second kappa shape index (κ2) is 6.51. The van der Waals surface area contributed by atoms with Gasteiger partial charge in [-0.3, -0.25) is 0 Å². The number of hydrogen-bond acceptors (Lipinski definition) is 5. The lowest BCUT2D eigenvalue weighted by molar-refractivity contribution is -0.141. The van der Waals surface area contributed by atoms with Crippen molar-refractivity contribution in [1.82, 2.24) is 9.62 Å². The Hall–Kier alpha value is -1.35. The normalized spacial score (nSPS) is 29.1. The van der Waals surface area contributed by atoms with Gasteiger partial charge in [-0.2, -0.15) is 4.31 Å². The number of aliphatic carboxylic acids is 1. The van der Waals surface area contributed by atoms with Gasteiger partial charge in [0.05, 0.1) is 6.26 Å². The zero-order chi connectivity index (χ0) is 18.3. The molecule has 2 saturated heterocycles. The number of ether oxygens (including phenoxy) is 1. The average Bonchev–Trinajstić information content (AvgIpc) is 2.65. The molecule has 24 heavy (non-hydrogen) atoms. The molecule has 0 spiro atoms. The Kier molecular flexibility index (Phi) is 5.15. The number of rotatable bonds is 4. The van der Waals surface area contributed by atoms with E-state index in [4.69, 9.17) is 4.74 Å². The fourth-order valence-corrected chi connectivity index (χ4v) is 5.27. The largest absolute Gasteiger partial charge is 0.480 e. The first-order valence-corrected chi connectivity index (χ1v) is 9.94. The van der Waals surface area contributed by atoms with E-state index in [9.17, 15) is 23.1 Å². The molecule has 0 aromatic heterocycles. The zero-order valence-corrected chi connectivity index (χ0v) is 15.3. The van der Waals surface area contributed by atoms with E-state index >= 15 is 0 Å².